The summed E-state index contributed by atoms with van der Waals surface area (Å²) in [5, 5.41) is 8.73. The first-order valence-electron chi connectivity index (χ1n) is 6.25. The molecule has 0 saturated carbocycles. The van der Waals surface area contributed by atoms with Crippen molar-refractivity contribution in [2.24, 2.45) is 0 Å². The average Bonchev–Trinajstić information content (AvgIpc) is 3.08. The zero-order valence-electron chi connectivity index (χ0n) is 10.9. The van der Waals surface area contributed by atoms with Crippen LogP contribution in [0, 0.1) is 0 Å². The number of hydrogen-bond donors (Lipinski definition) is 1. The lowest BCUT2D eigenvalue weighted by molar-refractivity contribution is -0.115. The standard InChI is InChI=1S/C15H11BrN2O2S/c16-10-3-1-4-11(7-10)17-15(19)9-12-8-13(20-18-12)14-5-2-6-21-14/h1-8H,9H2,(H,17,19). The first-order chi connectivity index (χ1) is 10.2. The minimum absolute atomic E-state index is 0.126. The van der Waals surface area contributed by atoms with Crippen LogP contribution in [0.3, 0.4) is 0 Å². The van der Waals surface area contributed by atoms with Crippen LogP contribution in [0.1, 0.15) is 5.69 Å². The van der Waals surface area contributed by atoms with Crippen LogP contribution in [0.2, 0.25) is 0 Å². The van der Waals surface area contributed by atoms with Gasteiger partial charge in [-0.05, 0) is 29.6 Å². The molecule has 0 aliphatic rings. The number of thiophene rings is 1. The molecule has 1 amide bonds. The summed E-state index contributed by atoms with van der Waals surface area (Å²) >= 11 is 4.94. The SMILES string of the molecule is O=C(Cc1cc(-c2cccs2)on1)Nc1cccc(Br)c1. The summed E-state index contributed by atoms with van der Waals surface area (Å²) in [5.74, 6) is 0.564. The number of amides is 1. The highest BCUT2D eigenvalue weighted by Gasteiger charge is 2.11. The fourth-order valence-corrected chi connectivity index (χ4v) is 2.94. The van der Waals surface area contributed by atoms with Gasteiger partial charge in [-0.15, -0.1) is 11.3 Å². The summed E-state index contributed by atoms with van der Waals surface area (Å²) in [7, 11) is 0. The van der Waals surface area contributed by atoms with Gasteiger partial charge in [0.1, 0.15) is 0 Å². The van der Waals surface area contributed by atoms with Gasteiger partial charge >= 0.3 is 0 Å². The Kier molecular flexibility index (Phi) is 4.17. The second-order valence-electron chi connectivity index (χ2n) is 4.40. The number of aromatic nitrogens is 1. The Morgan fingerprint density at radius 2 is 2.19 bits per heavy atom. The maximum absolute atomic E-state index is 12.0. The molecule has 2 aromatic heterocycles. The Morgan fingerprint density at radius 1 is 1.29 bits per heavy atom. The van der Waals surface area contributed by atoms with Gasteiger partial charge in [-0.25, -0.2) is 0 Å². The first kappa shape index (κ1) is 14.0. The molecule has 0 spiro atoms. The summed E-state index contributed by atoms with van der Waals surface area (Å²) < 4.78 is 6.17. The molecule has 6 heteroatoms. The third-order valence-electron chi connectivity index (χ3n) is 2.77. The Bertz CT molecular complexity index is 753. The van der Waals surface area contributed by atoms with E-state index in [1.54, 1.807) is 17.4 Å². The van der Waals surface area contributed by atoms with Crippen molar-refractivity contribution >= 4 is 38.9 Å². The molecule has 3 aromatic rings. The van der Waals surface area contributed by atoms with E-state index in [-0.39, 0.29) is 12.3 Å². The lowest BCUT2D eigenvalue weighted by Crippen LogP contribution is -2.14. The average molecular weight is 363 g/mol. The molecule has 1 aromatic carbocycles. The molecule has 0 radical (unpaired) electrons. The van der Waals surface area contributed by atoms with Crippen molar-refractivity contribution in [2.45, 2.75) is 6.42 Å². The van der Waals surface area contributed by atoms with Crippen LogP contribution in [0.25, 0.3) is 10.6 Å². The van der Waals surface area contributed by atoms with Crippen LogP contribution in [0.5, 0.6) is 0 Å². The number of nitrogens with one attached hydrogen (secondary N) is 1. The largest absolute Gasteiger partial charge is 0.355 e. The number of halogens is 1. The highest BCUT2D eigenvalue weighted by Crippen LogP contribution is 2.25. The van der Waals surface area contributed by atoms with E-state index in [2.05, 4.69) is 26.4 Å². The van der Waals surface area contributed by atoms with E-state index in [0.717, 1.165) is 15.0 Å². The maximum Gasteiger partial charge on any atom is 0.230 e. The summed E-state index contributed by atoms with van der Waals surface area (Å²) in [6.45, 7) is 0. The second kappa shape index (κ2) is 6.24. The molecule has 1 N–H and O–H groups in total. The van der Waals surface area contributed by atoms with E-state index in [0.29, 0.717) is 11.5 Å². The molecule has 0 fully saturated rings. The van der Waals surface area contributed by atoms with Gasteiger partial charge in [0.15, 0.2) is 5.76 Å². The van der Waals surface area contributed by atoms with Crippen LogP contribution >= 0.6 is 27.3 Å². The fraction of sp³-hybridized carbons (Fsp3) is 0.0667. The molecule has 3 rings (SSSR count). The Hall–Kier alpha value is -1.92. The van der Waals surface area contributed by atoms with Gasteiger partial charge in [-0.1, -0.05) is 33.2 Å². The topological polar surface area (TPSA) is 55.1 Å². The zero-order valence-corrected chi connectivity index (χ0v) is 13.3. The van der Waals surface area contributed by atoms with Gasteiger partial charge in [0.2, 0.25) is 5.91 Å². The van der Waals surface area contributed by atoms with E-state index in [1.165, 1.54) is 0 Å². The van der Waals surface area contributed by atoms with Crippen molar-refractivity contribution < 1.29 is 9.32 Å². The minimum atomic E-state index is -0.126. The van der Waals surface area contributed by atoms with Crippen molar-refractivity contribution in [1.82, 2.24) is 5.16 Å². The predicted octanol–water partition coefficient (Wildman–Crippen LogP) is 4.35. The maximum atomic E-state index is 12.0. The van der Waals surface area contributed by atoms with Crippen molar-refractivity contribution in [1.29, 1.82) is 0 Å². The van der Waals surface area contributed by atoms with Gasteiger partial charge < -0.3 is 9.84 Å². The number of anilines is 1. The van der Waals surface area contributed by atoms with E-state index in [1.807, 2.05) is 41.8 Å². The van der Waals surface area contributed by atoms with Crippen LogP contribution in [0.15, 0.2) is 56.8 Å². The molecule has 0 bridgehead atoms. The predicted molar refractivity (Wildman–Crippen MR) is 86.3 cm³/mol. The van der Waals surface area contributed by atoms with Crippen LogP contribution < -0.4 is 5.32 Å². The summed E-state index contributed by atoms with van der Waals surface area (Å²) in [4.78, 5) is 13.0. The fourth-order valence-electron chi connectivity index (χ4n) is 1.87. The Morgan fingerprint density at radius 3 is 2.95 bits per heavy atom. The lowest BCUT2D eigenvalue weighted by Gasteiger charge is -2.03. The summed E-state index contributed by atoms with van der Waals surface area (Å²) in [6, 6.07) is 13.1. The van der Waals surface area contributed by atoms with Gasteiger partial charge in [0, 0.05) is 16.2 Å². The van der Waals surface area contributed by atoms with E-state index in [9.17, 15) is 4.79 Å². The van der Waals surface area contributed by atoms with Crippen LogP contribution in [0.4, 0.5) is 5.69 Å². The van der Waals surface area contributed by atoms with Gasteiger partial charge in [0.05, 0.1) is 17.0 Å². The number of rotatable bonds is 4. The van der Waals surface area contributed by atoms with Gasteiger partial charge in [-0.3, -0.25) is 4.79 Å². The summed E-state index contributed by atoms with van der Waals surface area (Å²) in [6.07, 6.45) is 0.182. The summed E-state index contributed by atoms with van der Waals surface area (Å²) in [5.41, 5.74) is 1.36. The molecular weight excluding hydrogens is 352 g/mol. The molecule has 0 saturated heterocycles. The number of nitrogens with zero attached hydrogens (tertiary/aromatic N) is 1. The van der Waals surface area contributed by atoms with Gasteiger partial charge in [0.25, 0.3) is 0 Å². The number of carbonyl (C=O) groups is 1. The first-order valence-corrected chi connectivity index (χ1v) is 7.93. The third kappa shape index (κ3) is 3.59. The number of benzene rings is 1. The van der Waals surface area contributed by atoms with Crippen molar-refractivity contribution in [2.75, 3.05) is 5.32 Å². The molecule has 2 heterocycles. The second-order valence-corrected chi connectivity index (χ2v) is 6.26. The van der Waals surface area contributed by atoms with Crippen molar-refractivity contribution in [3.05, 3.63) is 58.0 Å². The molecule has 21 heavy (non-hydrogen) atoms. The molecular formula is C15H11BrN2O2S. The molecule has 106 valence electrons. The van der Waals surface area contributed by atoms with Crippen LogP contribution in [-0.4, -0.2) is 11.1 Å². The van der Waals surface area contributed by atoms with Crippen molar-refractivity contribution in [3.8, 4) is 10.6 Å². The third-order valence-corrected chi connectivity index (χ3v) is 4.15. The molecule has 4 nitrogen and oxygen atoms in total. The van der Waals surface area contributed by atoms with Gasteiger partial charge in [-0.2, -0.15) is 0 Å². The van der Waals surface area contributed by atoms with Crippen LogP contribution in [-0.2, 0) is 11.2 Å². The highest BCUT2D eigenvalue weighted by molar-refractivity contribution is 9.10. The quantitative estimate of drug-likeness (QED) is 0.750. The number of carbonyl (C=O) groups excluding carboxylic acids is 1. The van der Waals surface area contributed by atoms with E-state index >= 15 is 0 Å². The smallest absolute Gasteiger partial charge is 0.230 e. The van der Waals surface area contributed by atoms with Crippen molar-refractivity contribution in [3.63, 3.8) is 0 Å². The monoisotopic (exact) mass is 362 g/mol. The van der Waals surface area contributed by atoms with E-state index < -0.39 is 0 Å². The molecule has 0 atom stereocenters. The Labute approximate surface area is 133 Å². The normalized spacial score (nSPS) is 10.5. The lowest BCUT2D eigenvalue weighted by atomic mass is 10.2. The number of hydrogen-bond acceptors (Lipinski definition) is 4. The molecule has 0 aliphatic carbocycles. The minimum Gasteiger partial charge on any atom is -0.355 e. The van der Waals surface area contributed by atoms with E-state index in [4.69, 9.17) is 4.52 Å². The molecule has 0 unspecified atom stereocenters. The Balaban J connectivity index is 1.65. The zero-order chi connectivity index (χ0) is 14.7. The molecule has 0 aliphatic heterocycles. The highest BCUT2D eigenvalue weighted by atomic mass is 79.9.